The summed E-state index contributed by atoms with van der Waals surface area (Å²) in [6, 6.07) is -4.31. The van der Waals surface area contributed by atoms with Crippen LogP contribution in [0.4, 0.5) is 4.79 Å². The van der Waals surface area contributed by atoms with Gasteiger partial charge in [-0.05, 0) is 0 Å². The number of hydrogen-bond donors (Lipinski definition) is 13. The Hall–Kier alpha value is -1.37. The maximum atomic E-state index is 11.2. The molecule has 16 N–H and O–H groups in total. The number of hydrogen-bond acceptors (Lipinski definition) is 17. The molecule has 3 rings (SSSR count). The summed E-state index contributed by atoms with van der Waals surface area (Å²) in [6.07, 6.45) is -19.4. The quantitative estimate of drug-likeness (QED) is 0.131. The molecule has 0 saturated carbocycles. The second-order valence-corrected chi connectivity index (χ2v) is 9.29. The molecule has 3 heterocycles. The molecular weight excluding hydrogens is 524 g/mol. The topological polar surface area (TPSA) is 335 Å². The Bertz CT molecular complexity index is 797. The van der Waals surface area contributed by atoms with E-state index in [1.165, 1.54) is 0 Å². The Balaban J connectivity index is 1.78. The fourth-order valence-electron chi connectivity index (χ4n) is 4.53. The number of aliphatic hydroxyl groups excluding tert-OH is 8. The first-order valence-electron chi connectivity index (χ1n) is 11.6. The summed E-state index contributed by atoms with van der Waals surface area (Å²) in [5.41, 5.74) is 15.1. The van der Waals surface area contributed by atoms with Gasteiger partial charge in [0.25, 0.3) is 0 Å². The highest BCUT2D eigenvalue weighted by molar-refractivity contribution is 5.65. The van der Waals surface area contributed by atoms with Crippen molar-refractivity contribution in [3.05, 3.63) is 0 Å². The van der Waals surface area contributed by atoms with E-state index in [9.17, 15) is 45.6 Å². The van der Waals surface area contributed by atoms with Gasteiger partial charge >= 0.3 is 6.09 Å². The van der Waals surface area contributed by atoms with Gasteiger partial charge in [0.05, 0.1) is 37.9 Å². The Morgan fingerprint density at radius 1 is 0.789 bits per heavy atom. The fourth-order valence-corrected chi connectivity index (χ4v) is 4.53. The van der Waals surface area contributed by atoms with Crippen LogP contribution in [0, 0.1) is 0 Å². The average Bonchev–Trinajstić information content (AvgIpc) is 2.89. The second kappa shape index (κ2) is 12.4. The van der Waals surface area contributed by atoms with E-state index in [0.717, 1.165) is 0 Å². The van der Waals surface area contributed by atoms with Crippen LogP contribution < -0.4 is 22.5 Å². The summed E-state index contributed by atoms with van der Waals surface area (Å²) < 4.78 is 27.4. The summed E-state index contributed by atoms with van der Waals surface area (Å²) in [5.74, 6) is 0. The number of amides is 1. The summed E-state index contributed by atoms with van der Waals surface area (Å²) in [7, 11) is 0. The zero-order chi connectivity index (χ0) is 28.5. The molecule has 0 bridgehead atoms. The normalized spacial score (nSPS) is 50.0. The number of carboxylic acid groups (broad SMARTS) is 1. The first-order chi connectivity index (χ1) is 17.8. The lowest BCUT2D eigenvalue weighted by molar-refractivity contribution is -0.363. The molecule has 3 fully saturated rings. The van der Waals surface area contributed by atoms with E-state index in [1.54, 1.807) is 5.32 Å². The fraction of sp³-hybridized carbons (Fsp3) is 0.947. The minimum atomic E-state index is -2.46. The summed E-state index contributed by atoms with van der Waals surface area (Å²) in [5, 5.41) is 91.8. The third-order valence-corrected chi connectivity index (χ3v) is 6.79. The zero-order valence-electron chi connectivity index (χ0n) is 19.9. The smallest absolute Gasteiger partial charge is 0.407 e. The highest BCUT2D eigenvalue weighted by Gasteiger charge is 2.57. The van der Waals surface area contributed by atoms with Crippen molar-refractivity contribution in [1.29, 1.82) is 0 Å². The molecule has 0 aromatic carbocycles. The Morgan fingerprint density at radius 3 is 1.82 bits per heavy atom. The Labute approximate surface area is 215 Å². The van der Waals surface area contributed by atoms with Gasteiger partial charge in [0.1, 0.15) is 48.8 Å². The highest BCUT2D eigenvalue weighted by atomic mass is 16.7. The first-order valence-corrected chi connectivity index (χ1v) is 11.6. The average molecular weight is 561 g/mol. The molecule has 2 unspecified atom stereocenters. The monoisotopic (exact) mass is 560 g/mol. The second-order valence-electron chi connectivity index (χ2n) is 9.29. The summed E-state index contributed by atoms with van der Waals surface area (Å²) in [6.45, 7) is -2.67. The minimum Gasteiger partial charge on any atom is -0.465 e. The third-order valence-electron chi connectivity index (χ3n) is 6.79. The number of rotatable bonds is 8. The van der Waals surface area contributed by atoms with E-state index in [1.807, 2.05) is 0 Å². The van der Waals surface area contributed by atoms with Crippen molar-refractivity contribution in [2.24, 2.45) is 17.2 Å². The van der Waals surface area contributed by atoms with Crippen molar-refractivity contribution in [1.82, 2.24) is 5.32 Å². The van der Waals surface area contributed by atoms with Crippen LogP contribution >= 0.6 is 0 Å². The molecule has 19 heteroatoms. The maximum Gasteiger partial charge on any atom is 0.407 e. The number of nitrogens with two attached hydrogens (primary N) is 3. The molecule has 0 spiro atoms. The Morgan fingerprint density at radius 2 is 1.29 bits per heavy atom. The van der Waals surface area contributed by atoms with E-state index in [2.05, 4.69) is 0 Å². The zero-order valence-corrected chi connectivity index (χ0v) is 19.9. The first kappa shape index (κ1) is 31.2. The van der Waals surface area contributed by atoms with Crippen molar-refractivity contribution >= 4 is 6.09 Å². The highest BCUT2D eigenvalue weighted by Crippen LogP contribution is 2.33. The van der Waals surface area contributed by atoms with Gasteiger partial charge in [0.2, 0.25) is 0 Å². The molecular formula is C19H36N4O15. The standard InChI is InChI=1S/C19H36N4O15/c20-6-9(27)12(4(1-24)34-15(6)31)36-16-7(21)10(28)13(5(2-25)35-16)37-17-8(22)11(29)14(30)19(3-26,38-17)23-18(32)33/h4-17,23-31H,1-3,20-22H2,(H,32,33)/t4-,5-,6-,7-,8-,9-,10-,11-,12?,13?,14+,15-,16+,17+,19-/m1/s1. The SMILES string of the molecule is N[C@H]1[C@@H](OC2[C@@H](CO)O[C@@H](OC3[C@@H](CO)O[C@@H](O)[C@H](N)[C@H]3O)[C@H](N)[C@H]2O)O[C@@](CO)(NC(=O)O)[C@@H](O)[C@@H]1O. The van der Waals surface area contributed by atoms with E-state index >= 15 is 0 Å². The van der Waals surface area contributed by atoms with Gasteiger partial charge in [-0.3, -0.25) is 5.32 Å². The summed E-state index contributed by atoms with van der Waals surface area (Å²) >= 11 is 0. The van der Waals surface area contributed by atoms with Crippen LogP contribution in [0.1, 0.15) is 0 Å². The van der Waals surface area contributed by atoms with Gasteiger partial charge in [0, 0.05) is 0 Å². The largest absolute Gasteiger partial charge is 0.465 e. The van der Waals surface area contributed by atoms with Gasteiger partial charge in [-0.2, -0.15) is 0 Å². The molecule has 3 aliphatic rings. The van der Waals surface area contributed by atoms with E-state index in [0.29, 0.717) is 0 Å². The third kappa shape index (κ3) is 5.88. The van der Waals surface area contributed by atoms with Crippen LogP contribution in [0.2, 0.25) is 0 Å². The lowest BCUT2D eigenvalue weighted by Crippen LogP contribution is -2.75. The van der Waals surface area contributed by atoms with Gasteiger partial charge in [0.15, 0.2) is 24.6 Å². The predicted octanol–water partition coefficient (Wildman–Crippen LogP) is -8.08. The van der Waals surface area contributed by atoms with Crippen molar-refractivity contribution in [2.75, 3.05) is 19.8 Å². The van der Waals surface area contributed by atoms with Crippen LogP contribution in [0.5, 0.6) is 0 Å². The molecule has 0 aromatic rings. The molecule has 0 aliphatic carbocycles. The number of aliphatic hydroxyl groups is 8. The van der Waals surface area contributed by atoms with Crippen LogP contribution in [0.25, 0.3) is 0 Å². The van der Waals surface area contributed by atoms with Crippen LogP contribution in [-0.2, 0) is 23.7 Å². The number of ether oxygens (including phenoxy) is 5. The van der Waals surface area contributed by atoms with Crippen LogP contribution in [-0.4, -0.2) is 163 Å². The number of nitrogens with one attached hydrogen (secondary N) is 1. The predicted molar refractivity (Wildman–Crippen MR) is 117 cm³/mol. The van der Waals surface area contributed by atoms with Crippen molar-refractivity contribution < 1.29 is 74.4 Å². The molecule has 3 aliphatic heterocycles. The van der Waals surface area contributed by atoms with Crippen molar-refractivity contribution in [3.63, 3.8) is 0 Å². The number of carbonyl (C=O) groups is 1. The lowest BCUT2D eigenvalue weighted by atomic mass is 9.92. The van der Waals surface area contributed by atoms with Crippen LogP contribution in [0.3, 0.4) is 0 Å². The molecule has 3 saturated heterocycles. The lowest BCUT2D eigenvalue weighted by Gasteiger charge is -2.50. The van der Waals surface area contributed by atoms with Crippen molar-refractivity contribution in [3.8, 4) is 0 Å². The van der Waals surface area contributed by atoms with E-state index in [-0.39, 0.29) is 0 Å². The van der Waals surface area contributed by atoms with Gasteiger partial charge in [-0.25, -0.2) is 4.79 Å². The molecule has 222 valence electrons. The minimum absolute atomic E-state index is 0.701. The summed E-state index contributed by atoms with van der Waals surface area (Å²) in [4.78, 5) is 11.2. The molecule has 38 heavy (non-hydrogen) atoms. The van der Waals surface area contributed by atoms with Gasteiger partial charge < -0.3 is 86.8 Å². The van der Waals surface area contributed by atoms with Crippen LogP contribution in [0.15, 0.2) is 0 Å². The molecule has 19 nitrogen and oxygen atoms in total. The Kier molecular flexibility index (Phi) is 10.2. The molecule has 0 aromatic heterocycles. The van der Waals surface area contributed by atoms with Gasteiger partial charge in [-0.1, -0.05) is 0 Å². The van der Waals surface area contributed by atoms with E-state index in [4.69, 9.17) is 46.0 Å². The maximum absolute atomic E-state index is 11.2. The van der Waals surface area contributed by atoms with E-state index < -0.39 is 117 Å². The molecule has 15 atom stereocenters. The van der Waals surface area contributed by atoms with Gasteiger partial charge in [-0.15, -0.1) is 0 Å². The molecule has 0 radical (unpaired) electrons. The van der Waals surface area contributed by atoms with Crippen molar-refractivity contribution in [2.45, 2.75) is 91.6 Å². The molecule has 1 amide bonds.